The Morgan fingerprint density at radius 2 is 1.35 bits per heavy atom. The summed E-state index contributed by atoms with van der Waals surface area (Å²) >= 11 is 3.08. The predicted molar refractivity (Wildman–Crippen MR) is 219 cm³/mol. The third-order valence-electron chi connectivity index (χ3n) is 8.96. The van der Waals surface area contributed by atoms with Gasteiger partial charge in [0.2, 0.25) is 5.91 Å². The summed E-state index contributed by atoms with van der Waals surface area (Å²) in [6.45, 7) is 14.5. The Balaban J connectivity index is 0.000000258. The van der Waals surface area contributed by atoms with Gasteiger partial charge in [-0.05, 0) is 52.1 Å². The van der Waals surface area contributed by atoms with Crippen LogP contribution >= 0.6 is 23.5 Å². The van der Waals surface area contributed by atoms with E-state index >= 15 is 0 Å². The van der Waals surface area contributed by atoms with Crippen molar-refractivity contribution in [1.29, 1.82) is 0 Å². The van der Waals surface area contributed by atoms with Crippen molar-refractivity contribution in [3.05, 3.63) is 123 Å². The zero-order valence-electron chi connectivity index (χ0n) is 32.6. The van der Waals surface area contributed by atoms with Crippen molar-refractivity contribution in [3.8, 4) is 0 Å². The number of aliphatic hydroxyl groups is 1. The predicted octanol–water partition coefficient (Wildman–Crippen LogP) is 7.24. The van der Waals surface area contributed by atoms with Crippen LogP contribution in [0.3, 0.4) is 0 Å². The van der Waals surface area contributed by atoms with Gasteiger partial charge in [0.15, 0.2) is 0 Å². The Bertz CT molecular complexity index is 2070. The van der Waals surface area contributed by atoms with E-state index in [4.69, 9.17) is 4.18 Å². The molecule has 2 heterocycles. The third-order valence-corrected chi connectivity index (χ3v) is 12.7. The van der Waals surface area contributed by atoms with Crippen LogP contribution in [0.15, 0.2) is 98.7 Å². The van der Waals surface area contributed by atoms with Crippen molar-refractivity contribution in [2.24, 2.45) is 18.1 Å². The molecule has 0 saturated carbocycles. The maximum absolute atomic E-state index is 12.7. The molecule has 0 radical (unpaired) electrons. The molecule has 0 spiro atoms. The Hall–Kier alpha value is -3.75. The van der Waals surface area contributed by atoms with E-state index < -0.39 is 16.0 Å². The van der Waals surface area contributed by atoms with E-state index in [1.165, 1.54) is 50.3 Å². The number of hydrogen-bond donors (Lipinski definition) is 1. The fraction of sp³-hybridized carbons (Fsp3) is 0.415. The van der Waals surface area contributed by atoms with Gasteiger partial charge in [0.05, 0.1) is 41.0 Å². The molecule has 4 aromatic rings. The van der Waals surface area contributed by atoms with Gasteiger partial charge in [-0.3, -0.25) is 13.8 Å². The summed E-state index contributed by atoms with van der Waals surface area (Å²) in [6, 6.07) is 23.4. The zero-order valence-corrected chi connectivity index (χ0v) is 35.0. The van der Waals surface area contributed by atoms with Gasteiger partial charge in [-0.1, -0.05) is 108 Å². The summed E-state index contributed by atoms with van der Waals surface area (Å²) in [5, 5.41) is 18.5. The fourth-order valence-electron chi connectivity index (χ4n) is 5.36. The summed E-state index contributed by atoms with van der Waals surface area (Å²) in [5.41, 5.74) is 6.23. The van der Waals surface area contributed by atoms with Crippen molar-refractivity contribution < 1.29 is 22.5 Å². The number of amides is 1. The first-order chi connectivity index (χ1) is 25.3. The third kappa shape index (κ3) is 11.6. The number of hydrogen-bond acceptors (Lipinski definition) is 10. The number of aryl methyl sites for hydroxylation is 2. The number of aromatic nitrogens is 2. The van der Waals surface area contributed by atoms with E-state index in [0.29, 0.717) is 11.3 Å². The van der Waals surface area contributed by atoms with Crippen LogP contribution in [0.25, 0.3) is 0 Å². The highest BCUT2D eigenvalue weighted by Crippen LogP contribution is 2.30. The van der Waals surface area contributed by atoms with Gasteiger partial charge in [-0.25, -0.2) is 9.69 Å². The second-order valence-electron chi connectivity index (χ2n) is 15.3. The number of carbonyl (C=O) groups excluding carboxylic acids is 1. The number of thioether (sulfide) groups is 2. The molecule has 1 aliphatic heterocycles. The normalized spacial score (nSPS) is 16.3. The number of nitrogens with zero attached hydrogens (tertiary/aromatic N) is 4. The van der Waals surface area contributed by atoms with Crippen LogP contribution in [0.2, 0.25) is 0 Å². The Morgan fingerprint density at radius 1 is 0.815 bits per heavy atom. The first kappa shape index (κ1) is 43.0. The standard InChI is InChI=1S/C24H30N2O4S2.C17H22N2O2S/c1-17-6-12-20(13-7-17)32(28,29)30-15-21-22(14-25-26(5)23(21)27)31-16-18-8-10-19(11-9-18)24(2,3)4;1-17(2,3)13-7-5-12(6-8-13)11-22-15-9-18-19(4)16(21)14(15)10-20/h6-14,21-22H,15-16H2,1-5H3;5-9,20H,10-11H2,1-4H3. The summed E-state index contributed by atoms with van der Waals surface area (Å²) in [4.78, 5) is 25.5. The van der Waals surface area contributed by atoms with Crippen LogP contribution in [-0.4, -0.2) is 59.3 Å². The number of hydrazone groups is 1. The maximum Gasteiger partial charge on any atom is 0.296 e. The molecule has 3 aromatic carbocycles. The molecule has 1 amide bonds. The van der Waals surface area contributed by atoms with Crippen molar-refractivity contribution in [2.45, 2.75) is 92.4 Å². The van der Waals surface area contributed by atoms with Crippen LogP contribution < -0.4 is 5.56 Å². The highest BCUT2D eigenvalue weighted by Gasteiger charge is 2.35. The average Bonchev–Trinajstić information content (AvgIpc) is 3.12. The molecular formula is C41H52N4O6S3. The van der Waals surface area contributed by atoms with Crippen molar-refractivity contribution in [2.75, 3.05) is 13.7 Å². The summed E-state index contributed by atoms with van der Waals surface area (Å²) < 4.78 is 31.7. The Labute approximate surface area is 328 Å². The van der Waals surface area contributed by atoms with Gasteiger partial charge in [-0.15, -0.1) is 23.5 Å². The number of benzene rings is 3. The van der Waals surface area contributed by atoms with Gasteiger partial charge < -0.3 is 5.11 Å². The molecule has 0 bridgehead atoms. The van der Waals surface area contributed by atoms with E-state index in [-0.39, 0.29) is 45.7 Å². The maximum atomic E-state index is 12.7. The topological polar surface area (TPSA) is 131 Å². The molecule has 0 saturated heterocycles. The summed E-state index contributed by atoms with van der Waals surface area (Å²) in [7, 11) is -0.805. The summed E-state index contributed by atoms with van der Waals surface area (Å²) in [6.07, 6.45) is 3.34. The lowest BCUT2D eigenvalue weighted by atomic mass is 9.87. The van der Waals surface area contributed by atoms with Crippen LogP contribution in [0.1, 0.15) is 74.9 Å². The minimum absolute atomic E-state index is 0.0801. The van der Waals surface area contributed by atoms with E-state index in [1.807, 2.05) is 6.92 Å². The Kier molecular flexibility index (Phi) is 14.5. The van der Waals surface area contributed by atoms with Crippen LogP contribution in [0.4, 0.5) is 0 Å². The second-order valence-corrected chi connectivity index (χ2v) is 19.1. The number of carbonyl (C=O) groups is 1. The molecule has 0 fully saturated rings. The second kappa shape index (κ2) is 18.3. The van der Waals surface area contributed by atoms with Crippen LogP contribution in [0.5, 0.6) is 0 Å². The molecule has 1 aliphatic rings. The van der Waals surface area contributed by atoms with Gasteiger partial charge >= 0.3 is 0 Å². The molecule has 1 aromatic heterocycles. The molecule has 10 nitrogen and oxygen atoms in total. The molecule has 1 N–H and O–H groups in total. The van der Waals surface area contributed by atoms with Crippen molar-refractivity contribution in [1.82, 2.24) is 14.8 Å². The quantitative estimate of drug-likeness (QED) is 0.123. The number of aliphatic hydroxyl groups excluding tert-OH is 1. The molecule has 2 unspecified atom stereocenters. The van der Waals surface area contributed by atoms with Crippen LogP contribution in [-0.2, 0) is 55.1 Å². The van der Waals surface area contributed by atoms with Gasteiger partial charge in [-0.2, -0.15) is 18.6 Å². The Morgan fingerprint density at radius 3 is 1.87 bits per heavy atom. The lowest BCUT2D eigenvalue weighted by Crippen LogP contribution is -2.43. The fourth-order valence-corrected chi connectivity index (χ4v) is 8.40. The molecule has 54 heavy (non-hydrogen) atoms. The molecule has 13 heteroatoms. The highest BCUT2D eigenvalue weighted by atomic mass is 32.2. The van der Waals surface area contributed by atoms with Gasteiger partial charge in [0, 0.05) is 36.7 Å². The largest absolute Gasteiger partial charge is 0.391 e. The highest BCUT2D eigenvalue weighted by molar-refractivity contribution is 7.99. The minimum Gasteiger partial charge on any atom is -0.391 e. The average molecular weight is 793 g/mol. The number of rotatable bonds is 11. The molecule has 0 aliphatic carbocycles. The van der Waals surface area contributed by atoms with Gasteiger partial charge in [0.1, 0.15) is 0 Å². The lowest BCUT2D eigenvalue weighted by Gasteiger charge is -2.29. The molecule has 290 valence electrons. The lowest BCUT2D eigenvalue weighted by molar-refractivity contribution is -0.135. The minimum atomic E-state index is -3.95. The molecular weight excluding hydrogens is 741 g/mol. The van der Waals surface area contributed by atoms with Crippen molar-refractivity contribution >= 4 is 45.8 Å². The van der Waals surface area contributed by atoms with E-state index in [1.54, 1.807) is 50.4 Å². The SMILES string of the molecule is Cc1ccc(S(=O)(=O)OCC2C(=O)N(C)N=CC2SCc2ccc(C(C)(C)C)cc2)cc1.Cn1ncc(SCc2ccc(C(C)(C)C)cc2)c(CO)c1=O. The van der Waals surface area contributed by atoms with E-state index in [0.717, 1.165) is 21.8 Å². The molecule has 2 atom stereocenters. The van der Waals surface area contributed by atoms with E-state index in [2.05, 4.69) is 100 Å². The van der Waals surface area contributed by atoms with Crippen LogP contribution in [0, 0.1) is 12.8 Å². The summed E-state index contributed by atoms with van der Waals surface area (Å²) in [5.74, 6) is 0.523. The first-order valence-corrected chi connectivity index (χ1v) is 21.1. The first-order valence-electron chi connectivity index (χ1n) is 17.7. The molecule has 5 rings (SSSR count). The van der Waals surface area contributed by atoms with Crippen molar-refractivity contribution in [3.63, 3.8) is 0 Å². The smallest absolute Gasteiger partial charge is 0.296 e. The zero-order chi connectivity index (χ0) is 39.8. The monoisotopic (exact) mass is 792 g/mol. The van der Waals surface area contributed by atoms with E-state index in [9.17, 15) is 23.1 Å². The van der Waals surface area contributed by atoms with Gasteiger partial charge in [0.25, 0.3) is 15.7 Å².